The minimum atomic E-state index is -0.580. The lowest BCUT2D eigenvalue weighted by molar-refractivity contribution is 0.102. The first kappa shape index (κ1) is 20.0. The summed E-state index contributed by atoms with van der Waals surface area (Å²) in [5, 5.41) is 9.36. The number of H-pyrrole nitrogens is 1. The van der Waals surface area contributed by atoms with Crippen molar-refractivity contribution in [3.05, 3.63) is 78.6 Å². The normalized spacial score (nSPS) is 16.3. The van der Waals surface area contributed by atoms with E-state index in [0.29, 0.717) is 24.0 Å². The average molecular weight is 382 g/mol. The van der Waals surface area contributed by atoms with E-state index in [2.05, 4.69) is 4.98 Å². The van der Waals surface area contributed by atoms with Gasteiger partial charge in [-0.25, -0.2) is 4.79 Å². The zero-order valence-corrected chi connectivity index (χ0v) is 16.5. The molecule has 0 radical (unpaired) electrons. The number of aromatic nitrogens is 2. The van der Waals surface area contributed by atoms with Crippen LogP contribution in [0, 0.1) is 19.8 Å². The first-order chi connectivity index (χ1) is 13.3. The molecule has 1 heterocycles. The number of nitrogens with zero attached hydrogens (tertiary/aromatic N) is 1. The minimum absolute atomic E-state index is 0.0923. The van der Waals surface area contributed by atoms with Gasteiger partial charge in [0.05, 0.1) is 0 Å². The van der Waals surface area contributed by atoms with Crippen LogP contribution >= 0.6 is 0 Å². The lowest BCUT2D eigenvalue weighted by Gasteiger charge is -2.16. The first-order valence-corrected chi connectivity index (χ1v) is 9.61. The number of carbonyl (C=O) groups excluding carboxylic acids is 1. The zero-order chi connectivity index (χ0) is 20.4. The molecule has 3 rings (SSSR count). The smallest absolute Gasteiger partial charge is 0.329 e. The van der Waals surface area contributed by atoms with Crippen LogP contribution in [0.4, 0.5) is 0 Å². The fourth-order valence-corrected chi connectivity index (χ4v) is 3.94. The summed E-state index contributed by atoms with van der Waals surface area (Å²) in [4.78, 5) is 40.7. The van der Waals surface area contributed by atoms with Gasteiger partial charge in [0, 0.05) is 24.3 Å². The maximum Gasteiger partial charge on any atom is 0.329 e. The van der Waals surface area contributed by atoms with Crippen molar-refractivity contribution in [3.8, 4) is 0 Å². The van der Waals surface area contributed by atoms with Gasteiger partial charge in [0.2, 0.25) is 5.78 Å². The molecule has 1 aliphatic carbocycles. The van der Waals surface area contributed by atoms with E-state index < -0.39 is 11.2 Å². The Morgan fingerprint density at radius 3 is 2.46 bits per heavy atom. The molecular weight excluding hydrogens is 356 g/mol. The Morgan fingerprint density at radius 1 is 1.21 bits per heavy atom. The molecule has 2 aromatic rings. The quantitative estimate of drug-likeness (QED) is 0.592. The van der Waals surface area contributed by atoms with Crippen LogP contribution in [0.1, 0.15) is 52.5 Å². The molecule has 1 aromatic carbocycles. The van der Waals surface area contributed by atoms with Gasteiger partial charge in [-0.3, -0.25) is 19.1 Å². The summed E-state index contributed by atoms with van der Waals surface area (Å²) in [6.45, 7) is 5.95. The van der Waals surface area contributed by atoms with Crippen LogP contribution in [0.5, 0.6) is 0 Å². The summed E-state index contributed by atoms with van der Waals surface area (Å²) in [5.41, 5.74) is 2.75. The number of hydrogen-bond donors (Lipinski definition) is 2. The number of aryl methyl sites for hydroxylation is 2. The summed E-state index contributed by atoms with van der Waals surface area (Å²) in [5.74, 6) is -0.165. The van der Waals surface area contributed by atoms with E-state index >= 15 is 0 Å². The third-order valence-electron chi connectivity index (χ3n) is 5.26. The van der Waals surface area contributed by atoms with Gasteiger partial charge in [0.15, 0.2) is 0 Å². The Kier molecular flexibility index (Phi) is 5.79. The molecule has 6 heteroatoms. The van der Waals surface area contributed by atoms with E-state index in [0.717, 1.165) is 23.1 Å². The summed E-state index contributed by atoms with van der Waals surface area (Å²) in [6, 6.07) is 5.53. The van der Waals surface area contributed by atoms with Crippen LogP contribution in [-0.4, -0.2) is 27.0 Å². The zero-order valence-electron chi connectivity index (χ0n) is 16.5. The predicted molar refractivity (Wildman–Crippen MR) is 108 cm³/mol. The maximum atomic E-state index is 13.4. The highest BCUT2D eigenvalue weighted by atomic mass is 16.3. The SMILES string of the molecule is CCc1c(C(=O)c2cc(C)cc(C)c2)n(CC2=CCC(CO)C2)c(=O)[nH]c1=O. The van der Waals surface area contributed by atoms with Crippen LogP contribution in [0.2, 0.25) is 0 Å². The second kappa shape index (κ2) is 8.10. The number of hydrogen-bond acceptors (Lipinski definition) is 4. The summed E-state index contributed by atoms with van der Waals surface area (Å²) in [7, 11) is 0. The van der Waals surface area contributed by atoms with Crippen LogP contribution < -0.4 is 11.2 Å². The summed E-state index contributed by atoms with van der Waals surface area (Å²) in [6.07, 6.45) is 3.79. The Bertz CT molecular complexity index is 1040. The molecule has 1 unspecified atom stereocenters. The van der Waals surface area contributed by atoms with Crippen LogP contribution in [-0.2, 0) is 13.0 Å². The Hall–Kier alpha value is -2.73. The third-order valence-corrected chi connectivity index (χ3v) is 5.26. The second-order valence-corrected chi connectivity index (χ2v) is 7.58. The molecule has 148 valence electrons. The van der Waals surface area contributed by atoms with Crippen LogP contribution in [0.3, 0.4) is 0 Å². The summed E-state index contributed by atoms with van der Waals surface area (Å²) < 4.78 is 1.38. The number of allylic oxidation sites excluding steroid dienone is 2. The summed E-state index contributed by atoms with van der Waals surface area (Å²) >= 11 is 0. The monoisotopic (exact) mass is 382 g/mol. The van der Waals surface area contributed by atoms with Gasteiger partial charge in [-0.1, -0.05) is 35.8 Å². The van der Waals surface area contributed by atoms with E-state index in [-0.39, 0.29) is 30.5 Å². The van der Waals surface area contributed by atoms with Gasteiger partial charge >= 0.3 is 5.69 Å². The first-order valence-electron chi connectivity index (χ1n) is 9.61. The number of carbonyl (C=O) groups is 1. The number of ketones is 1. The standard InChI is InChI=1S/C22H26N2O4/c1-4-18-19(20(26)17-8-13(2)7-14(3)9-17)24(22(28)23-21(18)27)11-15-5-6-16(10-15)12-25/h5,7-9,16,25H,4,6,10-12H2,1-3H3,(H,23,27,28). The molecule has 0 spiro atoms. The maximum absolute atomic E-state index is 13.4. The van der Waals surface area contributed by atoms with Gasteiger partial charge in [0.1, 0.15) is 5.69 Å². The van der Waals surface area contributed by atoms with Crippen molar-refractivity contribution in [1.82, 2.24) is 9.55 Å². The van der Waals surface area contributed by atoms with Crippen molar-refractivity contribution >= 4 is 5.78 Å². The van der Waals surface area contributed by atoms with E-state index in [4.69, 9.17) is 0 Å². The Morgan fingerprint density at radius 2 is 1.89 bits per heavy atom. The highest BCUT2D eigenvalue weighted by molar-refractivity contribution is 6.09. The molecule has 0 aliphatic heterocycles. The molecule has 1 atom stereocenters. The van der Waals surface area contributed by atoms with Crippen molar-refractivity contribution in [3.63, 3.8) is 0 Å². The number of aliphatic hydroxyl groups excluding tert-OH is 1. The number of aromatic amines is 1. The lowest BCUT2D eigenvalue weighted by Crippen LogP contribution is -2.37. The Labute approximate surface area is 163 Å². The molecular formula is C22H26N2O4. The van der Waals surface area contributed by atoms with Crippen molar-refractivity contribution in [2.45, 2.75) is 46.6 Å². The minimum Gasteiger partial charge on any atom is -0.396 e. The molecule has 28 heavy (non-hydrogen) atoms. The van der Waals surface area contributed by atoms with Gasteiger partial charge < -0.3 is 5.11 Å². The number of rotatable bonds is 6. The topological polar surface area (TPSA) is 92.2 Å². The molecule has 0 amide bonds. The second-order valence-electron chi connectivity index (χ2n) is 7.58. The van der Waals surface area contributed by atoms with E-state index in [1.54, 1.807) is 19.1 Å². The molecule has 6 nitrogen and oxygen atoms in total. The highest BCUT2D eigenvalue weighted by Gasteiger charge is 2.24. The molecule has 1 aliphatic rings. The van der Waals surface area contributed by atoms with E-state index in [1.807, 2.05) is 26.0 Å². The largest absolute Gasteiger partial charge is 0.396 e. The number of aliphatic hydroxyl groups is 1. The van der Waals surface area contributed by atoms with Gasteiger partial charge in [-0.05, 0) is 51.2 Å². The molecule has 0 saturated heterocycles. The fraction of sp³-hybridized carbons (Fsp3) is 0.409. The van der Waals surface area contributed by atoms with Crippen molar-refractivity contribution in [2.24, 2.45) is 5.92 Å². The van der Waals surface area contributed by atoms with Gasteiger partial charge in [0.25, 0.3) is 5.56 Å². The van der Waals surface area contributed by atoms with Crippen molar-refractivity contribution in [1.29, 1.82) is 0 Å². The molecule has 0 saturated carbocycles. The van der Waals surface area contributed by atoms with E-state index in [1.165, 1.54) is 4.57 Å². The number of nitrogens with one attached hydrogen (secondary N) is 1. The van der Waals surface area contributed by atoms with Crippen LogP contribution in [0.25, 0.3) is 0 Å². The van der Waals surface area contributed by atoms with Gasteiger partial charge in [-0.15, -0.1) is 0 Å². The lowest BCUT2D eigenvalue weighted by atomic mass is 9.99. The Balaban J connectivity index is 2.14. The number of benzene rings is 1. The highest BCUT2D eigenvalue weighted by Crippen LogP contribution is 2.26. The molecule has 0 fully saturated rings. The van der Waals surface area contributed by atoms with Crippen molar-refractivity contribution < 1.29 is 9.90 Å². The fourth-order valence-electron chi connectivity index (χ4n) is 3.94. The van der Waals surface area contributed by atoms with Crippen molar-refractivity contribution in [2.75, 3.05) is 6.61 Å². The molecule has 0 bridgehead atoms. The van der Waals surface area contributed by atoms with Crippen LogP contribution in [0.15, 0.2) is 39.4 Å². The molecule has 2 N–H and O–H groups in total. The third kappa shape index (κ3) is 3.92. The average Bonchev–Trinajstić information content (AvgIpc) is 3.10. The predicted octanol–water partition coefficient (Wildman–Crippen LogP) is 2.28. The van der Waals surface area contributed by atoms with E-state index in [9.17, 15) is 19.5 Å². The van der Waals surface area contributed by atoms with Gasteiger partial charge in [-0.2, -0.15) is 0 Å². The molecule has 1 aromatic heterocycles.